The molecule has 0 fully saturated rings. The van der Waals surface area contributed by atoms with Crippen LogP contribution in [-0.4, -0.2) is 20.1 Å². The number of benzene rings is 2. The molecule has 0 bridgehead atoms. The number of amides is 1. The van der Waals surface area contributed by atoms with Gasteiger partial charge in [-0.25, -0.2) is 0 Å². The number of hydrogen-bond acceptors (Lipinski definition) is 3. The van der Waals surface area contributed by atoms with Gasteiger partial charge in [0.1, 0.15) is 0 Å². The Bertz CT molecular complexity index is 824. The van der Waals surface area contributed by atoms with E-state index >= 15 is 0 Å². The molecule has 1 atom stereocenters. The second-order valence-electron chi connectivity index (χ2n) is 5.89. The van der Waals surface area contributed by atoms with Crippen LogP contribution in [0.4, 0.5) is 13.2 Å². The van der Waals surface area contributed by atoms with Gasteiger partial charge in [-0.15, -0.1) is 0 Å². The van der Waals surface area contributed by atoms with Gasteiger partial charge >= 0.3 is 6.18 Å². The Kier molecular flexibility index (Phi) is 6.75. The van der Waals surface area contributed by atoms with Crippen LogP contribution in [0.3, 0.4) is 0 Å². The minimum Gasteiger partial charge on any atom is -0.493 e. The molecule has 2 aromatic carbocycles. The van der Waals surface area contributed by atoms with Gasteiger partial charge < -0.3 is 14.8 Å². The normalized spacial score (nSPS) is 12.4. The van der Waals surface area contributed by atoms with Gasteiger partial charge in [0.25, 0.3) is 0 Å². The fraction of sp³-hybridized carbons (Fsp3) is 0.316. The lowest BCUT2D eigenvalue weighted by atomic mass is 10.0. The van der Waals surface area contributed by atoms with Gasteiger partial charge in [0.15, 0.2) is 11.5 Å². The smallest absolute Gasteiger partial charge is 0.416 e. The zero-order valence-electron chi connectivity index (χ0n) is 15.0. The van der Waals surface area contributed by atoms with Crippen molar-refractivity contribution in [3.63, 3.8) is 0 Å². The minimum atomic E-state index is -4.43. The van der Waals surface area contributed by atoms with Crippen LogP contribution >= 0.6 is 15.9 Å². The second-order valence-corrected chi connectivity index (χ2v) is 6.74. The van der Waals surface area contributed by atoms with Gasteiger partial charge in [-0.1, -0.05) is 28.1 Å². The van der Waals surface area contributed by atoms with Crippen LogP contribution in [0.15, 0.2) is 40.9 Å². The average Bonchev–Trinajstić information content (AvgIpc) is 2.62. The Labute approximate surface area is 163 Å². The van der Waals surface area contributed by atoms with Crippen LogP contribution in [0, 0.1) is 0 Å². The molecule has 0 saturated heterocycles. The van der Waals surface area contributed by atoms with Crippen molar-refractivity contribution in [2.24, 2.45) is 0 Å². The topological polar surface area (TPSA) is 47.6 Å². The quantitative estimate of drug-likeness (QED) is 0.687. The van der Waals surface area contributed by atoms with Crippen LogP contribution in [0.1, 0.15) is 29.7 Å². The molecule has 27 heavy (non-hydrogen) atoms. The lowest BCUT2D eigenvalue weighted by Gasteiger charge is -2.17. The minimum absolute atomic E-state index is 0.0320. The first-order valence-electron chi connectivity index (χ1n) is 8.02. The second kappa shape index (κ2) is 8.65. The number of alkyl halides is 3. The van der Waals surface area contributed by atoms with Gasteiger partial charge in [0.05, 0.1) is 32.2 Å². The molecule has 8 heteroatoms. The van der Waals surface area contributed by atoms with Crippen molar-refractivity contribution < 1.29 is 27.4 Å². The first-order chi connectivity index (χ1) is 12.7. The fourth-order valence-corrected chi connectivity index (χ4v) is 3.03. The molecule has 0 heterocycles. The predicted octanol–water partition coefficient (Wildman–Crippen LogP) is 4.91. The number of methoxy groups -OCH3 is 2. The van der Waals surface area contributed by atoms with Crippen LogP contribution in [0.5, 0.6) is 11.5 Å². The molecule has 0 aromatic heterocycles. The van der Waals surface area contributed by atoms with E-state index in [0.717, 1.165) is 12.1 Å². The highest BCUT2D eigenvalue weighted by atomic mass is 79.9. The molecule has 2 aromatic rings. The summed E-state index contributed by atoms with van der Waals surface area (Å²) < 4.78 is 49.6. The Morgan fingerprint density at radius 1 is 1.15 bits per heavy atom. The summed E-state index contributed by atoms with van der Waals surface area (Å²) in [6.07, 6.45) is -4.39. The average molecular weight is 446 g/mol. The van der Waals surface area contributed by atoms with Crippen LogP contribution in [-0.2, 0) is 17.4 Å². The highest BCUT2D eigenvalue weighted by Gasteiger charge is 2.30. The van der Waals surface area contributed by atoms with Gasteiger partial charge in [0.2, 0.25) is 5.91 Å². The number of halogens is 4. The van der Waals surface area contributed by atoms with Crippen LogP contribution < -0.4 is 14.8 Å². The molecule has 0 saturated carbocycles. The third kappa shape index (κ3) is 5.38. The fourth-order valence-electron chi connectivity index (χ4n) is 2.56. The Morgan fingerprint density at radius 2 is 1.78 bits per heavy atom. The number of hydrogen-bond donors (Lipinski definition) is 1. The highest BCUT2D eigenvalue weighted by molar-refractivity contribution is 9.10. The van der Waals surface area contributed by atoms with Crippen molar-refractivity contribution in [3.05, 3.63) is 57.6 Å². The molecule has 1 amide bonds. The first kappa shape index (κ1) is 21.1. The molecule has 0 unspecified atom stereocenters. The van der Waals surface area contributed by atoms with Crippen molar-refractivity contribution in [3.8, 4) is 11.5 Å². The molecule has 4 nitrogen and oxygen atoms in total. The van der Waals surface area contributed by atoms with Gasteiger partial charge in [-0.05, 0) is 42.3 Å². The maximum Gasteiger partial charge on any atom is 0.416 e. The number of carbonyl (C=O) groups excluding carboxylic acids is 1. The van der Waals surface area contributed by atoms with E-state index in [1.165, 1.54) is 20.3 Å². The van der Waals surface area contributed by atoms with E-state index < -0.39 is 17.8 Å². The summed E-state index contributed by atoms with van der Waals surface area (Å²) in [6.45, 7) is 1.64. The van der Waals surface area contributed by atoms with Gasteiger partial charge in [0, 0.05) is 4.47 Å². The van der Waals surface area contributed by atoms with Crippen LogP contribution in [0.2, 0.25) is 0 Å². The maximum atomic E-state index is 12.8. The number of nitrogens with one attached hydrogen (secondary N) is 1. The third-order valence-electron chi connectivity index (χ3n) is 4.00. The van der Waals surface area contributed by atoms with E-state index in [-0.39, 0.29) is 12.3 Å². The van der Waals surface area contributed by atoms with E-state index in [0.29, 0.717) is 27.1 Å². The van der Waals surface area contributed by atoms with Crippen LogP contribution in [0.25, 0.3) is 0 Å². The molecule has 1 N–H and O–H groups in total. The van der Waals surface area contributed by atoms with Crippen molar-refractivity contribution in [1.82, 2.24) is 5.32 Å². The summed E-state index contributed by atoms with van der Waals surface area (Å²) in [5.74, 6) is 0.674. The van der Waals surface area contributed by atoms with Crippen molar-refractivity contribution in [2.45, 2.75) is 25.6 Å². The summed E-state index contributed by atoms with van der Waals surface area (Å²) in [5.41, 5.74) is 0.301. The first-order valence-corrected chi connectivity index (χ1v) is 8.82. The number of carbonyl (C=O) groups is 1. The Morgan fingerprint density at radius 3 is 2.37 bits per heavy atom. The zero-order valence-corrected chi connectivity index (χ0v) is 16.6. The molecule has 0 aliphatic rings. The Hall–Kier alpha value is -2.22. The molecule has 2 rings (SSSR count). The van der Waals surface area contributed by atoms with E-state index in [1.54, 1.807) is 25.1 Å². The van der Waals surface area contributed by atoms with E-state index in [2.05, 4.69) is 21.2 Å². The molecular formula is C19H19BrF3NO3. The summed E-state index contributed by atoms with van der Waals surface area (Å²) in [5, 5.41) is 2.72. The monoisotopic (exact) mass is 445 g/mol. The molecular weight excluding hydrogens is 427 g/mol. The number of ether oxygens (including phenoxy) is 2. The maximum absolute atomic E-state index is 12.8. The van der Waals surface area contributed by atoms with Crippen molar-refractivity contribution in [1.29, 1.82) is 0 Å². The summed E-state index contributed by atoms with van der Waals surface area (Å²) >= 11 is 3.38. The third-order valence-corrected chi connectivity index (χ3v) is 4.73. The lowest BCUT2D eigenvalue weighted by molar-refractivity contribution is -0.137. The van der Waals surface area contributed by atoms with E-state index in [1.807, 2.05) is 0 Å². The van der Waals surface area contributed by atoms with Gasteiger partial charge in [-0.2, -0.15) is 13.2 Å². The van der Waals surface area contributed by atoms with E-state index in [9.17, 15) is 18.0 Å². The van der Waals surface area contributed by atoms with Crippen molar-refractivity contribution >= 4 is 21.8 Å². The summed E-state index contributed by atoms with van der Waals surface area (Å²) in [4.78, 5) is 12.4. The lowest BCUT2D eigenvalue weighted by Crippen LogP contribution is -2.28. The zero-order chi connectivity index (χ0) is 20.2. The highest BCUT2D eigenvalue weighted by Crippen LogP contribution is 2.34. The molecule has 0 radical (unpaired) electrons. The van der Waals surface area contributed by atoms with Gasteiger partial charge in [-0.3, -0.25) is 4.79 Å². The van der Waals surface area contributed by atoms with E-state index in [4.69, 9.17) is 9.47 Å². The Balaban J connectivity index is 2.12. The molecule has 0 spiro atoms. The molecule has 0 aliphatic carbocycles. The molecule has 146 valence electrons. The molecule has 0 aliphatic heterocycles. The summed E-state index contributed by atoms with van der Waals surface area (Å²) in [7, 11) is 3.00. The standard InChI is InChI=1S/C19H19BrF3NO3/c1-11(12-5-4-6-14(7-12)19(21,22)23)24-18(25)9-13-8-16(26-2)17(27-3)10-15(13)20/h4-8,10-11H,9H2,1-3H3,(H,24,25)/t11-/m0/s1. The van der Waals surface area contributed by atoms with Crippen molar-refractivity contribution in [2.75, 3.05) is 14.2 Å². The SMILES string of the molecule is COc1cc(Br)c(CC(=O)N[C@@H](C)c2cccc(C(F)(F)F)c2)cc1OC. The number of rotatable bonds is 6. The summed E-state index contributed by atoms with van der Waals surface area (Å²) in [6, 6.07) is 7.71. The largest absolute Gasteiger partial charge is 0.493 e. The predicted molar refractivity (Wildman–Crippen MR) is 99.0 cm³/mol.